The smallest absolute Gasteiger partial charge is 0.246 e. The molecular formula is C15H19NO2S. The van der Waals surface area contributed by atoms with Gasteiger partial charge in [-0.05, 0) is 49.1 Å². The van der Waals surface area contributed by atoms with Crippen molar-refractivity contribution in [2.75, 3.05) is 0 Å². The van der Waals surface area contributed by atoms with Crippen LogP contribution in [0.1, 0.15) is 36.6 Å². The predicted molar refractivity (Wildman–Crippen MR) is 77.0 cm³/mol. The molecule has 4 heteroatoms. The van der Waals surface area contributed by atoms with Crippen LogP contribution in [0.5, 0.6) is 0 Å². The molecule has 0 spiro atoms. The fraction of sp³-hybridized carbons (Fsp3) is 0.333. The van der Waals surface area contributed by atoms with Gasteiger partial charge in [0.25, 0.3) is 10.0 Å². The second-order valence-electron chi connectivity index (χ2n) is 5.18. The van der Waals surface area contributed by atoms with E-state index in [9.17, 15) is 8.42 Å². The Kier molecular flexibility index (Phi) is 3.54. The highest BCUT2D eigenvalue weighted by Crippen LogP contribution is 2.21. The molecule has 1 heterocycles. The van der Waals surface area contributed by atoms with E-state index in [4.69, 9.17) is 0 Å². The lowest BCUT2D eigenvalue weighted by Crippen LogP contribution is -2.13. The van der Waals surface area contributed by atoms with Gasteiger partial charge in [-0.3, -0.25) is 0 Å². The Balaban J connectivity index is 2.48. The van der Waals surface area contributed by atoms with Crippen LogP contribution in [-0.4, -0.2) is 12.4 Å². The molecule has 0 radical (unpaired) electrons. The summed E-state index contributed by atoms with van der Waals surface area (Å²) in [7, 11) is -3.47. The van der Waals surface area contributed by atoms with Crippen LogP contribution in [0.3, 0.4) is 0 Å². The number of nitrogens with zero attached hydrogens (tertiary/aromatic N) is 1. The van der Waals surface area contributed by atoms with Crippen molar-refractivity contribution in [2.24, 2.45) is 0 Å². The Bertz CT molecular complexity index is 679. The fourth-order valence-electron chi connectivity index (χ4n) is 2.11. The summed E-state index contributed by atoms with van der Waals surface area (Å²) in [6.07, 6.45) is 1.65. The summed E-state index contributed by atoms with van der Waals surface area (Å²) in [6.45, 7) is 7.86. The van der Waals surface area contributed by atoms with E-state index in [1.165, 1.54) is 3.97 Å². The van der Waals surface area contributed by atoms with E-state index in [-0.39, 0.29) is 0 Å². The quantitative estimate of drug-likeness (QED) is 0.861. The zero-order valence-electron chi connectivity index (χ0n) is 11.7. The zero-order chi connectivity index (χ0) is 14.2. The maximum atomic E-state index is 12.5. The first-order chi connectivity index (χ1) is 8.82. The minimum Gasteiger partial charge on any atom is -0.246 e. The van der Waals surface area contributed by atoms with Gasteiger partial charge in [-0.1, -0.05) is 26.0 Å². The summed E-state index contributed by atoms with van der Waals surface area (Å²) < 4.78 is 26.4. The SMILES string of the molecule is Cc1cc(C)n(S(=O)(=O)c2ccc(C(C)C)cc2)c1. The van der Waals surface area contributed by atoms with Crippen molar-refractivity contribution in [1.82, 2.24) is 3.97 Å². The summed E-state index contributed by atoms with van der Waals surface area (Å²) in [5.41, 5.74) is 2.81. The number of hydrogen-bond donors (Lipinski definition) is 0. The van der Waals surface area contributed by atoms with E-state index < -0.39 is 10.0 Å². The molecule has 1 aromatic heterocycles. The third-order valence-corrected chi connectivity index (χ3v) is 4.99. The first kappa shape index (κ1) is 13.9. The van der Waals surface area contributed by atoms with Crippen LogP contribution < -0.4 is 0 Å². The molecule has 0 saturated heterocycles. The minimum absolute atomic E-state index is 0.329. The van der Waals surface area contributed by atoms with Crippen molar-refractivity contribution in [2.45, 2.75) is 38.5 Å². The number of benzene rings is 1. The summed E-state index contributed by atoms with van der Waals surface area (Å²) in [5.74, 6) is 0.396. The molecule has 0 saturated carbocycles. The molecule has 1 aromatic carbocycles. The highest BCUT2D eigenvalue weighted by Gasteiger charge is 2.18. The Morgan fingerprint density at radius 1 is 1.05 bits per heavy atom. The van der Waals surface area contributed by atoms with Crippen LogP contribution in [0, 0.1) is 13.8 Å². The van der Waals surface area contributed by atoms with Crippen LogP contribution in [0.4, 0.5) is 0 Å². The van der Waals surface area contributed by atoms with Gasteiger partial charge in [-0.25, -0.2) is 12.4 Å². The maximum Gasteiger partial charge on any atom is 0.267 e. The second-order valence-corrected chi connectivity index (χ2v) is 7.00. The summed E-state index contributed by atoms with van der Waals surface area (Å²) in [4.78, 5) is 0.329. The molecule has 2 aromatic rings. The number of aryl methyl sites for hydroxylation is 2. The van der Waals surface area contributed by atoms with E-state index in [1.54, 1.807) is 25.3 Å². The Morgan fingerprint density at radius 2 is 1.63 bits per heavy atom. The lowest BCUT2D eigenvalue weighted by atomic mass is 10.0. The molecule has 0 aliphatic heterocycles. The molecule has 0 bridgehead atoms. The molecule has 2 rings (SSSR count). The molecule has 102 valence electrons. The van der Waals surface area contributed by atoms with Gasteiger partial charge in [-0.2, -0.15) is 0 Å². The zero-order valence-corrected chi connectivity index (χ0v) is 12.5. The highest BCUT2D eigenvalue weighted by molar-refractivity contribution is 7.90. The standard InChI is InChI=1S/C15H19NO2S/c1-11(2)14-5-7-15(8-6-14)19(17,18)16-10-12(3)9-13(16)4/h5-11H,1-4H3. The van der Waals surface area contributed by atoms with Crippen molar-refractivity contribution >= 4 is 10.0 Å². The van der Waals surface area contributed by atoms with E-state index in [2.05, 4.69) is 13.8 Å². The van der Waals surface area contributed by atoms with Gasteiger partial charge >= 0.3 is 0 Å². The molecule has 0 aliphatic carbocycles. The Hall–Kier alpha value is -1.55. The fourth-order valence-corrected chi connectivity index (χ4v) is 3.56. The van der Waals surface area contributed by atoms with Crippen LogP contribution in [-0.2, 0) is 10.0 Å². The van der Waals surface area contributed by atoms with Crippen molar-refractivity contribution < 1.29 is 8.42 Å². The topological polar surface area (TPSA) is 39.1 Å². The minimum atomic E-state index is -3.47. The van der Waals surface area contributed by atoms with Gasteiger partial charge in [0.1, 0.15) is 0 Å². The Labute approximate surface area is 114 Å². The van der Waals surface area contributed by atoms with Crippen molar-refractivity contribution in [1.29, 1.82) is 0 Å². The van der Waals surface area contributed by atoms with Crippen LogP contribution >= 0.6 is 0 Å². The van der Waals surface area contributed by atoms with Gasteiger partial charge in [0.15, 0.2) is 0 Å². The van der Waals surface area contributed by atoms with E-state index >= 15 is 0 Å². The first-order valence-electron chi connectivity index (χ1n) is 6.33. The maximum absolute atomic E-state index is 12.5. The molecule has 0 atom stereocenters. The number of aromatic nitrogens is 1. The van der Waals surface area contributed by atoms with E-state index in [1.807, 2.05) is 25.1 Å². The third kappa shape index (κ3) is 2.59. The van der Waals surface area contributed by atoms with Crippen LogP contribution in [0.15, 0.2) is 41.4 Å². The van der Waals surface area contributed by atoms with Gasteiger partial charge in [0.2, 0.25) is 0 Å². The molecule has 0 aliphatic rings. The first-order valence-corrected chi connectivity index (χ1v) is 7.77. The largest absolute Gasteiger partial charge is 0.267 e. The summed E-state index contributed by atoms with van der Waals surface area (Å²) in [5, 5.41) is 0. The molecule has 0 N–H and O–H groups in total. The molecule has 3 nitrogen and oxygen atoms in total. The lowest BCUT2D eigenvalue weighted by Gasteiger charge is -2.10. The normalized spacial score (nSPS) is 12.1. The Morgan fingerprint density at radius 3 is 2.05 bits per heavy atom. The van der Waals surface area contributed by atoms with Crippen molar-refractivity contribution in [3.05, 3.63) is 53.3 Å². The third-order valence-electron chi connectivity index (χ3n) is 3.21. The average Bonchev–Trinajstić information content (AvgIpc) is 2.69. The summed E-state index contributed by atoms with van der Waals surface area (Å²) >= 11 is 0. The second kappa shape index (κ2) is 4.85. The van der Waals surface area contributed by atoms with E-state index in [0.29, 0.717) is 10.8 Å². The molecular weight excluding hydrogens is 258 g/mol. The summed E-state index contributed by atoms with van der Waals surface area (Å²) in [6, 6.07) is 8.98. The molecule has 0 fully saturated rings. The number of rotatable bonds is 3. The van der Waals surface area contributed by atoms with Crippen molar-refractivity contribution in [3.8, 4) is 0 Å². The molecule has 0 amide bonds. The van der Waals surface area contributed by atoms with Crippen LogP contribution in [0.2, 0.25) is 0 Å². The van der Waals surface area contributed by atoms with Gasteiger partial charge in [-0.15, -0.1) is 0 Å². The van der Waals surface area contributed by atoms with Gasteiger partial charge < -0.3 is 0 Å². The van der Waals surface area contributed by atoms with E-state index in [0.717, 1.165) is 16.8 Å². The lowest BCUT2D eigenvalue weighted by molar-refractivity contribution is 0.586. The monoisotopic (exact) mass is 277 g/mol. The van der Waals surface area contributed by atoms with Gasteiger partial charge in [0, 0.05) is 11.9 Å². The average molecular weight is 277 g/mol. The molecule has 19 heavy (non-hydrogen) atoms. The van der Waals surface area contributed by atoms with Gasteiger partial charge in [0.05, 0.1) is 4.90 Å². The van der Waals surface area contributed by atoms with Crippen LogP contribution in [0.25, 0.3) is 0 Å². The highest BCUT2D eigenvalue weighted by atomic mass is 32.2. The van der Waals surface area contributed by atoms with Crippen molar-refractivity contribution in [3.63, 3.8) is 0 Å². The predicted octanol–water partition coefficient (Wildman–Crippen LogP) is 3.47. The molecule has 0 unspecified atom stereocenters. The number of hydrogen-bond acceptors (Lipinski definition) is 2.